The molecule has 0 saturated carbocycles. The van der Waals surface area contributed by atoms with Crippen LogP contribution in [0.3, 0.4) is 0 Å². The fourth-order valence-corrected chi connectivity index (χ4v) is 5.87. The Morgan fingerprint density at radius 1 is 1.08 bits per heavy atom. The molecule has 11 nitrogen and oxygen atoms in total. The average molecular weight is 530 g/mol. The molecule has 4 rings (SSSR count). The molecule has 2 aromatic carbocycles. The summed E-state index contributed by atoms with van der Waals surface area (Å²) in [5.74, 6) is -0.488. The van der Waals surface area contributed by atoms with Crippen molar-refractivity contribution in [2.24, 2.45) is 0 Å². The number of nitrogens with zero attached hydrogens (tertiary/aromatic N) is 3. The van der Waals surface area contributed by atoms with Crippen LogP contribution < -0.4 is 10.6 Å². The maximum absolute atomic E-state index is 13.3. The molecule has 188 valence electrons. The third kappa shape index (κ3) is 4.94. The van der Waals surface area contributed by atoms with E-state index in [2.05, 4.69) is 15.6 Å². The molecule has 0 unspecified atom stereocenters. The maximum Gasteiger partial charge on any atom is 0.336 e. The second-order valence-electron chi connectivity index (χ2n) is 8.13. The monoisotopic (exact) mass is 529 g/mol. The summed E-state index contributed by atoms with van der Waals surface area (Å²) < 4.78 is 52.8. The Bertz CT molecular complexity index is 1520. The van der Waals surface area contributed by atoms with Crippen LogP contribution in [0.5, 0.6) is 0 Å². The number of hydrogen-bond donors (Lipinski definition) is 2. The van der Waals surface area contributed by atoms with Gasteiger partial charge in [0, 0.05) is 38.6 Å². The SMILES string of the molecule is CN(C)S(=O)(=O)c1ccc(CN2C(=O)Nc3ccc(C(=O)NCc4cccnc4)cc3S2(=O)=O)cc1. The standard InChI is InChI=1S/C23H23N5O6S2/c1-27(2)35(31,32)19-8-5-16(6-9-19)15-28-23(30)26-20-10-7-18(12-21(20)36(28,33)34)22(29)25-14-17-4-3-11-24-13-17/h3-13H,14-15H2,1-2H3,(H,25,29)(H,26,30). The number of carbonyl (C=O) groups is 2. The van der Waals surface area contributed by atoms with E-state index in [4.69, 9.17) is 0 Å². The van der Waals surface area contributed by atoms with Gasteiger partial charge in [0.1, 0.15) is 4.90 Å². The summed E-state index contributed by atoms with van der Waals surface area (Å²) in [6, 6.07) is 12.2. The molecule has 0 fully saturated rings. The predicted molar refractivity (Wildman–Crippen MR) is 131 cm³/mol. The number of rotatable bonds is 7. The van der Waals surface area contributed by atoms with Crippen LogP contribution in [0.4, 0.5) is 10.5 Å². The smallest absolute Gasteiger partial charge is 0.336 e. The number of carbonyl (C=O) groups excluding carboxylic acids is 2. The Kier molecular flexibility index (Phi) is 6.80. The number of sulfonamides is 2. The number of aromatic nitrogens is 1. The van der Waals surface area contributed by atoms with Crippen molar-refractivity contribution in [3.8, 4) is 0 Å². The topological polar surface area (TPSA) is 146 Å². The van der Waals surface area contributed by atoms with Gasteiger partial charge in [-0.05, 0) is 47.5 Å². The first-order valence-electron chi connectivity index (χ1n) is 10.7. The minimum Gasteiger partial charge on any atom is -0.348 e. The lowest BCUT2D eigenvalue weighted by Crippen LogP contribution is -2.43. The van der Waals surface area contributed by atoms with Crippen LogP contribution >= 0.6 is 0 Å². The minimum atomic E-state index is -4.30. The van der Waals surface area contributed by atoms with Gasteiger partial charge in [-0.1, -0.05) is 18.2 Å². The summed E-state index contributed by atoms with van der Waals surface area (Å²) in [5, 5.41) is 5.23. The van der Waals surface area contributed by atoms with Crippen LogP contribution in [-0.2, 0) is 33.1 Å². The number of pyridine rings is 1. The number of benzene rings is 2. The summed E-state index contributed by atoms with van der Waals surface area (Å²) in [6.07, 6.45) is 3.22. The first kappa shape index (κ1) is 25.3. The highest BCUT2D eigenvalue weighted by Gasteiger charge is 2.37. The molecular weight excluding hydrogens is 506 g/mol. The number of anilines is 1. The van der Waals surface area contributed by atoms with E-state index < -0.39 is 32.0 Å². The van der Waals surface area contributed by atoms with E-state index in [0.717, 1.165) is 9.87 Å². The van der Waals surface area contributed by atoms with E-state index in [9.17, 15) is 26.4 Å². The molecule has 1 aliphatic heterocycles. The molecule has 2 heterocycles. The Morgan fingerprint density at radius 2 is 1.81 bits per heavy atom. The maximum atomic E-state index is 13.3. The summed E-state index contributed by atoms with van der Waals surface area (Å²) in [4.78, 5) is 29.0. The molecule has 2 N–H and O–H groups in total. The predicted octanol–water partition coefficient (Wildman–Crippen LogP) is 2.00. The fourth-order valence-electron chi connectivity index (χ4n) is 3.47. The zero-order valence-electron chi connectivity index (χ0n) is 19.4. The molecule has 36 heavy (non-hydrogen) atoms. The first-order valence-corrected chi connectivity index (χ1v) is 13.5. The van der Waals surface area contributed by atoms with E-state index in [1.54, 1.807) is 24.5 Å². The van der Waals surface area contributed by atoms with Crippen LogP contribution in [0.2, 0.25) is 0 Å². The summed E-state index contributed by atoms with van der Waals surface area (Å²) in [6.45, 7) is -0.119. The highest BCUT2D eigenvalue weighted by atomic mass is 32.2. The molecule has 0 radical (unpaired) electrons. The van der Waals surface area contributed by atoms with E-state index in [1.807, 2.05) is 0 Å². The molecule has 0 atom stereocenters. The van der Waals surface area contributed by atoms with Crippen molar-refractivity contribution in [1.82, 2.24) is 18.9 Å². The molecule has 0 aliphatic carbocycles. The Balaban J connectivity index is 1.56. The van der Waals surface area contributed by atoms with Crippen molar-refractivity contribution in [2.45, 2.75) is 22.9 Å². The van der Waals surface area contributed by atoms with Crippen molar-refractivity contribution in [1.29, 1.82) is 0 Å². The normalized spacial score (nSPS) is 14.8. The van der Waals surface area contributed by atoms with E-state index in [0.29, 0.717) is 9.87 Å². The number of nitrogens with one attached hydrogen (secondary N) is 2. The van der Waals surface area contributed by atoms with E-state index in [-0.39, 0.29) is 34.1 Å². The summed E-state index contributed by atoms with van der Waals surface area (Å²) >= 11 is 0. The zero-order valence-corrected chi connectivity index (χ0v) is 21.0. The third-order valence-corrected chi connectivity index (χ3v) is 9.08. The zero-order chi connectivity index (χ0) is 26.1. The molecule has 0 saturated heterocycles. The van der Waals surface area contributed by atoms with E-state index >= 15 is 0 Å². The van der Waals surface area contributed by atoms with Gasteiger partial charge in [0.25, 0.3) is 15.9 Å². The van der Waals surface area contributed by atoms with Crippen LogP contribution in [0.25, 0.3) is 0 Å². The van der Waals surface area contributed by atoms with Gasteiger partial charge in [0.2, 0.25) is 10.0 Å². The van der Waals surface area contributed by atoms with Gasteiger partial charge < -0.3 is 10.6 Å². The van der Waals surface area contributed by atoms with Crippen LogP contribution in [0.15, 0.2) is 76.8 Å². The van der Waals surface area contributed by atoms with E-state index in [1.165, 1.54) is 56.6 Å². The van der Waals surface area contributed by atoms with Crippen molar-refractivity contribution < 1.29 is 26.4 Å². The second kappa shape index (κ2) is 9.68. The minimum absolute atomic E-state index is 0.0366. The highest BCUT2D eigenvalue weighted by Crippen LogP contribution is 2.32. The van der Waals surface area contributed by atoms with Gasteiger partial charge in [-0.15, -0.1) is 0 Å². The van der Waals surface area contributed by atoms with Gasteiger partial charge in [-0.2, -0.15) is 0 Å². The lowest BCUT2D eigenvalue weighted by molar-refractivity contribution is 0.0950. The van der Waals surface area contributed by atoms with Crippen LogP contribution in [-0.4, -0.2) is 56.5 Å². The molecular formula is C23H23N5O6S2. The molecule has 3 amide bonds. The second-order valence-corrected chi connectivity index (χ2v) is 12.1. The Morgan fingerprint density at radius 3 is 2.44 bits per heavy atom. The molecule has 1 aromatic heterocycles. The Hall–Kier alpha value is -3.81. The molecule has 3 aromatic rings. The van der Waals surface area contributed by atoms with Gasteiger partial charge in [-0.25, -0.2) is 30.2 Å². The van der Waals surface area contributed by atoms with Crippen molar-refractivity contribution >= 4 is 37.7 Å². The Labute approximate surface area is 208 Å². The highest BCUT2D eigenvalue weighted by molar-refractivity contribution is 7.90. The van der Waals surface area contributed by atoms with Gasteiger partial charge in [0.05, 0.1) is 17.1 Å². The van der Waals surface area contributed by atoms with Gasteiger partial charge >= 0.3 is 6.03 Å². The summed E-state index contributed by atoms with van der Waals surface area (Å²) in [5.41, 5.74) is 1.35. The van der Waals surface area contributed by atoms with Crippen molar-refractivity contribution in [2.75, 3.05) is 19.4 Å². The molecule has 0 spiro atoms. The summed E-state index contributed by atoms with van der Waals surface area (Å²) in [7, 11) is -5.15. The quantitative estimate of drug-likeness (QED) is 0.476. The average Bonchev–Trinajstić information content (AvgIpc) is 2.86. The fraction of sp³-hybridized carbons (Fsp3) is 0.174. The van der Waals surface area contributed by atoms with Gasteiger partial charge in [0.15, 0.2) is 0 Å². The number of hydrogen-bond acceptors (Lipinski definition) is 7. The first-order chi connectivity index (χ1) is 17.0. The van der Waals surface area contributed by atoms with Crippen molar-refractivity contribution in [3.05, 3.63) is 83.7 Å². The van der Waals surface area contributed by atoms with Crippen molar-refractivity contribution in [3.63, 3.8) is 0 Å². The number of urea groups is 1. The lowest BCUT2D eigenvalue weighted by atomic mass is 10.2. The van der Waals surface area contributed by atoms with Gasteiger partial charge in [-0.3, -0.25) is 9.78 Å². The largest absolute Gasteiger partial charge is 0.348 e. The molecule has 0 bridgehead atoms. The van der Waals surface area contributed by atoms with Crippen LogP contribution in [0.1, 0.15) is 21.5 Å². The van der Waals surface area contributed by atoms with Crippen LogP contribution in [0, 0.1) is 0 Å². The number of fused-ring (bicyclic) bond motifs is 1. The molecule has 13 heteroatoms. The third-order valence-electron chi connectivity index (χ3n) is 5.48. The molecule has 1 aliphatic rings. The number of amides is 3. The lowest BCUT2D eigenvalue weighted by Gasteiger charge is -2.29.